The predicted octanol–water partition coefficient (Wildman–Crippen LogP) is 2.14. The van der Waals surface area contributed by atoms with Crippen molar-refractivity contribution < 1.29 is 9.21 Å². The van der Waals surface area contributed by atoms with Gasteiger partial charge in [-0.05, 0) is 38.0 Å². The van der Waals surface area contributed by atoms with Gasteiger partial charge in [0, 0.05) is 23.8 Å². The highest BCUT2D eigenvalue weighted by Crippen LogP contribution is 2.33. The molecular formula is C16H19N3O2. The number of rotatable bonds is 3. The summed E-state index contributed by atoms with van der Waals surface area (Å²) in [6.07, 6.45) is 1.04. The summed E-state index contributed by atoms with van der Waals surface area (Å²) in [5, 5.41) is 0. The van der Waals surface area contributed by atoms with E-state index in [1.165, 1.54) is 11.3 Å². The van der Waals surface area contributed by atoms with Crippen LogP contribution >= 0.6 is 0 Å². The first-order chi connectivity index (χ1) is 10.1. The Bertz CT molecular complexity index is 678. The lowest BCUT2D eigenvalue weighted by molar-refractivity contribution is 0.0924. The molecule has 5 heteroatoms. The van der Waals surface area contributed by atoms with Crippen LogP contribution in [0.4, 0.5) is 5.69 Å². The van der Waals surface area contributed by atoms with Crippen LogP contribution in [0.15, 0.2) is 34.7 Å². The van der Waals surface area contributed by atoms with Crippen molar-refractivity contribution in [3.8, 4) is 0 Å². The third kappa shape index (κ3) is 2.40. The number of fused-ring (bicyclic) bond motifs is 1. The molecule has 3 rings (SSSR count). The zero-order valence-electron chi connectivity index (χ0n) is 12.2. The third-order valence-corrected chi connectivity index (χ3v) is 4.06. The number of hydrazine groups is 1. The van der Waals surface area contributed by atoms with Gasteiger partial charge in [-0.25, -0.2) is 5.84 Å². The van der Waals surface area contributed by atoms with Crippen LogP contribution in [0.2, 0.25) is 0 Å². The Hall–Kier alpha value is -2.27. The average molecular weight is 285 g/mol. The first-order valence-corrected chi connectivity index (χ1v) is 7.05. The molecule has 1 amide bonds. The van der Waals surface area contributed by atoms with Crippen molar-refractivity contribution in [2.45, 2.75) is 32.9 Å². The van der Waals surface area contributed by atoms with Crippen LogP contribution in [-0.4, -0.2) is 11.9 Å². The van der Waals surface area contributed by atoms with Crippen LogP contribution in [0.1, 0.15) is 34.4 Å². The monoisotopic (exact) mass is 285 g/mol. The lowest BCUT2D eigenvalue weighted by Gasteiger charge is -2.24. The minimum Gasteiger partial charge on any atom is -0.456 e. The Labute approximate surface area is 123 Å². The highest BCUT2D eigenvalue weighted by atomic mass is 16.4. The number of nitrogens with two attached hydrogens (primary N) is 1. The van der Waals surface area contributed by atoms with Gasteiger partial charge in [-0.15, -0.1) is 0 Å². The highest BCUT2D eigenvalue weighted by molar-refractivity contribution is 5.91. The van der Waals surface area contributed by atoms with Crippen molar-refractivity contribution in [3.63, 3.8) is 0 Å². The van der Waals surface area contributed by atoms with Gasteiger partial charge < -0.3 is 9.32 Å². The van der Waals surface area contributed by atoms with Crippen LogP contribution in [0, 0.1) is 6.92 Å². The smallest absolute Gasteiger partial charge is 0.300 e. The molecule has 21 heavy (non-hydrogen) atoms. The summed E-state index contributed by atoms with van der Waals surface area (Å²) in [5.74, 6) is 5.75. The van der Waals surface area contributed by atoms with E-state index < -0.39 is 5.91 Å². The maximum atomic E-state index is 11.5. The molecule has 1 unspecified atom stereocenters. The standard InChI is InChI=1S/C16H19N3O2/c1-10-7-12-5-3-4-6-14(12)19(10)9-13-8-15(16(20)18-17)21-11(13)2/h3-6,8,10H,7,9,17H2,1-2H3,(H,18,20). The van der Waals surface area contributed by atoms with E-state index in [4.69, 9.17) is 10.3 Å². The number of amides is 1. The van der Waals surface area contributed by atoms with Gasteiger partial charge in [0.25, 0.3) is 0 Å². The number of anilines is 1. The van der Waals surface area contributed by atoms with Crippen LogP contribution in [0.25, 0.3) is 0 Å². The van der Waals surface area contributed by atoms with Crippen molar-refractivity contribution in [3.05, 3.63) is 53.0 Å². The number of para-hydroxylation sites is 1. The maximum absolute atomic E-state index is 11.5. The number of hydrogen-bond donors (Lipinski definition) is 2. The van der Waals surface area contributed by atoms with Crippen LogP contribution in [-0.2, 0) is 13.0 Å². The van der Waals surface area contributed by atoms with Gasteiger partial charge in [0.15, 0.2) is 5.76 Å². The lowest BCUT2D eigenvalue weighted by Crippen LogP contribution is -2.30. The molecule has 0 saturated heterocycles. The summed E-state index contributed by atoms with van der Waals surface area (Å²) in [6, 6.07) is 10.6. The van der Waals surface area contributed by atoms with Crippen LogP contribution in [0.3, 0.4) is 0 Å². The van der Waals surface area contributed by atoms with Gasteiger partial charge in [0.1, 0.15) is 5.76 Å². The number of carbonyl (C=O) groups is 1. The van der Waals surface area contributed by atoms with E-state index in [1.807, 2.05) is 6.92 Å². The number of hydrogen-bond acceptors (Lipinski definition) is 4. The zero-order chi connectivity index (χ0) is 15.0. The summed E-state index contributed by atoms with van der Waals surface area (Å²) < 4.78 is 5.48. The molecule has 2 heterocycles. The van der Waals surface area contributed by atoms with Crippen molar-refractivity contribution in [2.75, 3.05) is 4.90 Å². The Kier molecular flexibility index (Phi) is 3.43. The summed E-state index contributed by atoms with van der Waals surface area (Å²) >= 11 is 0. The first kappa shape index (κ1) is 13.7. The number of nitrogens with one attached hydrogen (secondary N) is 1. The zero-order valence-corrected chi connectivity index (χ0v) is 12.2. The van der Waals surface area contributed by atoms with Crippen molar-refractivity contribution in [1.29, 1.82) is 0 Å². The number of nitrogens with zero attached hydrogens (tertiary/aromatic N) is 1. The van der Waals surface area contributed by atoms with E-state index in [2.05, 4.69) is 41.5 Å². The number of furan rings is 1. The number of aryl methyl sites for hydroxylation is 1. The second-order valence-corrected chi connectivity index (χ2v) is 5.48. The molecule has 110 valence electrons. The van der Waals surface area contributed by atoms with Crippen LogP contribution in [0.5, 0.6) is 0 Å². The summed E-state index contributed by atoms with van der Waals surface area (Å²) in [6.45, 7) is 4.81. The molecule has 1 atom stereocenters. The topological polar surface area (TPSA) is 71.5 Å². The molecule has 0 saturated carbocycles. The molecular weight excluding hydrogens is 266 g/mol. The summed E-state index contributed by atoms with van der Waals surface area (Å²) in [7, 11) is 0. The molecule has 2 aromatic rings. The van der Waals surface area contributed by atoms with E-state index in [0.29, 0.717) is 6.04 Å². The van der Waals surface area contributed by atoms with E-state index in [-0.39, 0.29) is 5.76 Å². The number of benzene rings is 1. The second-order valence-electron chi connectivity index (χ2n) is 5.48. The lowest BCUT2D eigenvalue weighted by atomic mass is 10.1. The Morgan fingerprint density at radius 3 is 3.00 bits per heavy atom. The van der Waals surface area contributed by atoms with Crippen molar-refractivity contribution in [2.24, 2.45) is 5.84 Å². The predicted molar refractivity (Wildman–Crippen MR) is 80.9 cm³/mol. The SMILES string of the molecule is Cc1oc(C(=O)NN)cc1CN1c2ccccc2CC1C. The fourth-order valence-electron chi connectivity index (χ4n) is 2.91. The Morgan fingerprint density at radius 1 is 1.48 bits per heavy atom. The molecule has 1 aliphatic rings. The van der Waals surface area contributed by atoms with Gasteiger partial charge >= 0.3 is 5.91 Å². The molecule has 1 aromatic heterocycles. The Morgan fingerprint density at radius 2 is 2.24 bits per heavy atom. The van der Waals surface area contributed by atoms with Gasteiger partial charge in [0.05, 0.1) is 0 Å². The van der Waals surface area contributed by atoms with Crippen molar-refractivity contribution >= 4 is 11.6 Å². The number of carbonyl (C=O) groups excluding carboxylic acids is 1. The minimum absolute atomic E-state index is 0.255. The van der Waals surface area contributed by atoms with Gasteiger partial charge in [0.2, 0.25) is 0 Å². The van der Waals surface area contributed by atoms with Crippen molar-refractivity contribution in [1.82, 2.24) is 5.43 Å². The quantitative estimate of drug-likeness (QED) is 0.515. The van der Waals surface area contributed by atoms with E-state index in [1.54, 1.807) is 6.07 Å². The molecule has 1 aliphatic heterocycles. The van der Waals surface area contributed by atoms with Gasteiger partial charge in [-0.2, -0.15) is 0 Å². The fraction of sp³-hybridized carbons (Fsp3) is 0.312. The first-order valence-electron chi connectivity index (χ1n) is 7.05. The summed E-state index contributed by atoms with van der Waals surface area (Å²) in [5.41, 5.74) is 5.73. The molecule has 3 N–H and O–H groups in total. The van der Waals surface area contributed by atoms with E-state index in [0.717, 1.165) is 24.3 Å². The largest absolute Gasteiger partial charge is 0.456 e. The molecule has 0 spiro atoms. The normalized spacial score (nSPS) is 16.9. The second kappa shape index (κ2) is 5.26. The van der Waals surface area contributed by atoms with Crippen LogP contribution < -0.4 is 16.2 Å². The van der Waals surface area contributed by atoms with E-state index >= 15 is 0 Å². The number of nitrogen functional groups attached to an aromatic ring is 1. The molecule has 0 aliphatic carbocycles. The Balaban J connectivity index is 1.87. The highest BCUT2D eigenvalue weighted by Gasteiger charge is 2.26. The molecule has 5 nitrogen and oxygen atoms in total. The summed E-state index contributed by atoms with van der Waals surface area (Å²) in [4.78, 5) is 13.9. The molecule has 0 fully saturated rings. The maximum Gasteiger partial charge on any atom is 0.300 e. The molecule has 0 bridgehead atoms. The van der Waals surface area contributed by atoms with Gasteiger partial charge in [-0.1, -0.05) is 18.2 Å². The molecule has 0 radical (unpaired) electrons. The third-order valence-electron chi connectivity index (χ3n) is 4.06. The minimum atomic E-state index is -0.403. The molecule has 1 aromatic carbocycles. The fourth-order valence-corrected chi connectivity index (χ4v) is 2.91. The average Bonchev–Trinajstić information content (AvgIpc) is 3.00. The van der Waals surface area contributed by atoms with Gasteiger partial charge in [-0.3, -0.25) is 10.2 Å². The van der Waals surface area contributed by atoms with E-state index in [9.17, 15) is 4.79 Å².